The summed E-state index contributed by atoms with van der Waals surface area (Å²) in [4.78, 5) is 0. The first-order valence-corrected chi connectivity index (χ1v) is 7.90. The summed E-state index contributed by atoms with van der Waals surface area (Å²) >= 11 is 19.3. The number of rotatable bonds is 2. The van der Waals surface area contributed by atoms with Gasteiger partial charge in [0.25, 0.3) is 0 Å². The Morgan fingerprint density at radius 1 is 1.00 bits per heavy atom. The predicted molar refractivity (Wildman–Crippen MR) is 89.1 cm³/mol. The number of halogens is 4. The van der Waals surface area contributed by atoms with Crippen molar-refractivity contribution in [3.63, 3.8) is 0 Å². The van der Waals surface area contributed by atoms with Gasteiger partial charge in [-0.2, -0.15) is 0 Å². The van der Waals surface area contributed by atoms with E-state index in [4.69, 9.17) is 28.9 Å². The SMILES string of the molecule is Cc1cc(Br)c(C(N)c2cc(Cl)ccc2Cl)cc1Br. The molecule has 0 saturated heterocycles. The number of hydrogen-bond donors (Lipinski definition) is 1. The maximum absolute atomic E-state index is 6.31. The molecule has 0 aliphatic rings. The van der Waals surface area contributed by atoms with E-state index < -0.39 is 0 Å². The Labute approximate surface area is 139 Å². The van der Waals surface area contributed by atoms with Crippen LogP contribution in [0, 0.1) is 6.92 Å². The quantitative estimate of drug-likeness (QED) is 0.641. The van der Waals surface area contributed by atoms with Gasteiger partial charge in [0.1, 0.15) is 0 Å². The Kier molecular flexibility index (Phi) is 4.96. The lowest BCUT2D eigenvalue weighted by molar-refractivity contribution is 0.864. The molecule has 0 saturated carbocycles. The highest BCUT2D eigenvalue weighted by Gasteiger charge is 2.17. The second-order valence-electron chi connectivity index (χ2n) is 4.27. The molecule has 19 heavy (non-hydrogen) atoms. The fourth-order valence-electron chi connectivity index (χ4n) is 1.82. The number of hydrogen-bond acceptors (Lipinski definition) is 1. The zero-order valence-electron chi connectivity index (χ0n) is 10.1. The van der Waals surface area contributed by atoms with E-state index in [2.05, 4.69) is 31.9 Å². The Morgan fingerprint density at radius 3 is 2.37 bits per heavy atom. The van der Waals surface area contributed by atoms with Gasteiger partial charge in [-0.3, -0.25) is 0 Å². The molecule has 5 heteroatoms. The first-order valence-electron chi connectivity index (χ1n) is 5.56. The van der Waals surface area contributed by atoms with Gasteiger partial charge in [-0.15, -0.1) is 0 Å². The Hall–Kier alpha value is -0.0600. The molecule has 0 bridgehead atoms. The van der Waals surface area contributed by atoms with Gasteiger partial charge in [0, 0.05) is 19.0 Å². The van der Waals surface area contributed by atoms with Crippen molar-refractivity contribution in [2.75, 3.05) is 0 Å². The molecule has 2 aromatic carbocycles. The molecular weight excluding hydrogens is 413 g/mol. The minimum atomic E-state index is -0.336. The van der Waals surface area contributed by atoms with Crippen LogP contribution in [0.25, 0.3) is 0 Å². The van der Waals surface area contributed by atoms with Gasteiger partial charge < -0.3 is 5.73 Å². The highest BCUT2D eigenvalue weighted by atomic mass is 79.9. The molecule has 1 unspecified atom stereocenters. The van der Waals surface area contributed by atoms with Crippen molar-refractivity contribution in [1.29, 1.82) is 0 Å². The third-order valence-electron chi connectivity index (χ3n) is 2.91. The van der Waals surface area contributed by atoms with E-state index in [0.29, 0.717) is 10.0 Å². The summed E-state index contributed by atoms with van der Waals surface area (Å²) in [6.45, 7) is 2.02. The van der Waals surface area contributed by atoms with Gasteiger partial charge in [0.15, 0.2) is 0 Å². The lowest BCUT2D eigenvalue weighted by Gasteiger charge is -2.17. The summed E-state index contributed by atoms with van der Waals surface area (Å²) in [5, 5.41) is 1.23. The van der Waals surface area contributed by atoms with Crippen molar-refractivity contribution >= 4 is 55.1 Å². The topological polar surface area (TPSA) is 26.0 Å². The fraction of sp³-hybridized carbons (Fsp3) is 0.143. The summed E-state index contributed by atoms with van der Waals surface area (Å²) in [5.74, 6) is 0. The van der Waals surface area contributed by atoms with Crippen LogP contribution in [0.2, 0.25) is 10.0 Å². The molecule has 0 fully saturated rings. The number of nitrogens with two attached hydrogens (primary N) is 1. The van der Waals surface area contributed by atoms with Gasteiger partial charge in [0.2, 0.25) is 0 Å². The van der Waals surface area contributed by atoms with Crippen LogP contribution >= 0.6 is 55.1 Å². The highest BCUT2D eigenvalue weighted by molar-refractivity contribution is 9.11. The molecule has 2 N–H and O–H groups in total. The molecule has 2 aromatic rings. The highest BCUT2D eigenvalue weighted by Crippen LogP contribution is 2.35. The second kappa shape index (κ2) is 6.15. The number of benzene rings is 2. The van der Waals surface area contributed by atoms with Crippen LogP contribution in [-0.4, -0.2) is 0 Å². The van der Waals surface area contributed by atoms with Gasteiger partial charge in [-0.25, -0.2) is 0 Å². The lowest BCUT2D eigenvalue weighted by Crippen LogP contribution is -2.13. The van der Waals surface area contributed by atoms with Gasteiger partial charge in [-0.05, 0) is 53.9 Å². The van der Waals surface area contributed by atoms with Crippen LogP contribution in [0.4, 0.5) is 0 Å². The van der Waals surface area contributed by atoms with Crippen molar-refractivity contribution in [3.05, 3.63) is 66.0 Å². The van der Waals surface area contributed by atoms with E-state index in [1.165, 1.54) is 0 Å². The third kappa shape index (κ3) is 3.34. The third-order valence-corrected chi connectivity index (χ3v) is 5.03. The van der Waals surface area contributed by atoms with E-state index in [0.717, 1.165) is 25.6 Å². The standard InChI is InChI=1S/C14H11Br2Cl2N/c1-7-4-12(16)9(6-11(7)15)14(19)10-5-8(17)2-3-13(10)18/h2-6,14H,19H2,1H3. The maximum Gasteiger partial charge on any atom is 0.0578 e. The molecule has 0 heterocycles. The van der Waals surface area contributed by atoms with Crippen LogP contribution in [0.3, 0.4) is 0 Å². The van der Waals surface area contributed by atoms with E-state index in [9.17, 15) is 0 Å². The van der Waals surface area contributed by atoms with E-state index >= 15 is 0 Å². The smallest absolute Gasteiger partial charge is 0.0578 e. The summed E-state index contributed by atoms with van der Waals surface area (Å²) in [7, 11) is 0. The molecule has 0 amide bonds. The summed E-state index contributed by atoms with van der Waals surface area (Å²) < 4.78 is 1.97. The Morgan fingerprint density at radius 2 is 1.68 bits per heavy atom. The van der Waals surface area contributed by atoms with E-state index in [-0.39, 0.29) is 6.04 Å². The number of aryl methyl sites for hydroxylation is 1. The first kappa shape index (κ1) is 15.3. The largest absolute Gasteiger partial charge is 0.320 e. The Balaban J connectivity index is 2.52. The molecule has 1 atom stereocenters. The predicted octanol–water partition coefficient (Wildman–Crippen LogP) is 5.87. The van der Waals surface area contributed by atoms with Crippen LogP contribution < -0.4 is 5.73 Å². The molecule has 0 radical (unpaired) electrons. The summed E-state index contributed by atoms with van der Waals surface area (Å²) in [6, 6.07) is 9.00. The van der Waals surface area contributed by atoms with Crippen molar-refractivity contribution in [3.8, 4) is 0 Å². The van der Waals surface area contributed by atoms with E-state index in [1.807, 2.05) is 19.1 Å². The monoisotopic (exact) mass is 421 g/mol. The minimum Gasteiger partial charge on any atom is -0.320 e. The first-order chi connectivity index (χ1) is 8.90. The minimum absolute atomic E-state index is 0.336. The average Bonchev–Trinajstić information content (AvgIpc) is 2.36. The van der Waals surface area contributed by atoms with E-state index in [1.54, 1.807) is 18.2 Å². The van der Waals surface area contributed by atoms with Crippen LogP contribution in [-0.2, 0) is 0 Å². The molecule has 1 nitrogen and oxygen atoms in total. The van der Waals surface area contributed by atoms with Crippen molar-refractivity contribution in [1.82, 2.24) is 0 Å². The zero-order valence-corrected chi connectivity index (χ0v) is 14.7. The molecule has 0 aromatic heterocycles. The zero-order chi connectivity index (χ0) is 14.2. The maximum atomic E-state index is 6.31. The van der Waals surface area contributed by atoms with Crippen molar-refractivity contribution < 1.29 is 0 Å². The molecular formula is C14H11Br2Cl2N. The summed E-state index contributed by atoms with van der Waals surface area (Å²) in [6.07, 6.45) is 0. The average molecular weight is 424 g/mol. The fourth-order valence-corrected chi connectivity index (χ4v) is 3.30. The lowest BCUT2D eigenvalue weighted by atomic mass is 9.98. The van der Waals surface area contributed by atoms with Crippen LogP contribution in [0.15, 0.2) is 39.3 Å². The van der Waals surface area contributed by atoms with Gasteiger partial charge in [0.05, 0.1) is 6.04 Å². The molecule has 0 spiro atoms. The summed E-state index contributed by atoms with van der Waals surface area (Å²) in [5.41, 5.74) is 9.22. The molecule has 2 rings (SSSR count). The Bertz CT molecular complexity index is 629. The van der Waals surface area contributed by atoms with Crippen LogP contribution in [0.1, 0.15) is 22.7 Å². The second-order valence-corrected chi connectivity index (χ2v) is 6.82. The van der Waals surface area contributed by atoms with Gasteiger partial charge >= 0.3 is 0 Å². The normalized spacial score (nSPS) is 12.5. The molecule has 0 aliphatic carbocycles. The van der Waals surface area contributed by atoms with Crippen LogP contribution in [0.5, 0.6) is 0 Å². The van der Waals surface area contributed by atoms with Crippen molar-refractivity contribution in [2.24, 2.45) is 5.73 Å². The van der Waals surface area contributed by atoms with Crippen molar-refractivity contribution in [2.45, 2.75) is 13.0 Å². The molecule has 100 valence electrons. The molecule has 0 aliphatic heterocycles. The van der Waals surface area contributed by atoms with Gasteiger partial charge in [-0.1, -0.05) is 55.1 Å².